The highest BCUT2D eigenvalue weighted by atomic mass is 16.6. The number of phenolic OH excluding ortho intramolecular Hbond substituents is 15. The van der Waals surface area contributed by atoms with E-state index in [1.54, 1.807) is 0 Å². The molecule has 17 N–H and O–H groups in total. The first kappa shape index (κ1) is 59.6. The van der Waals surface area contributed by atoms with Crippen LogP contribution in [0.1, 0.15) is 82.8 Å². The number of phenols is 15. The van der Waals surface area contributed by atoms with E-state index in [9.17, 15) is 106 Å². The first-order valence-electron chi connectivity index (χ1n) is 27.2. The Balaban J connectivity index is 0.973. The molecule has 470 valence electrons. The minimum absolute atomic E-state index is 0.0290. The summed E-state index contributed by atoms with van der Waals surface area (Å²) in [4.78, 5) is 71.9. The molecule has 6 unspecified atom stereocenters. The lowest BCUT2D eigenvalue weighted by molar-refractivity contribution is -0.0190. The van der Waals surface area contributed by atoms with Gasteiger partial charge in [-0.1, -0.05) is 6.07 Å². The summed E-state index contributed by atoms with van der Waals surface area (Å²) in [6.45, 7) is 0. The van der Waals surface area contributed by atoms with Crippen LogP contribution in [0.15, 0.2) is 113 Å². The van der Waals surface area contributed by atoms with Gasteiger partial charge in [0.15, 0.2) is 81.6 Å². The minimum Gasteiger partial charge on any atom is -0.508 e. The van der Waals surface area contributed by atoms with Crippen LogP contribution in [0.2, 0.25) is 0 Å². The third-order valence-electron chi connectivity index (χ3n) is 15.8. The summed E-state index contributed by atoms with van der Waals surface area (Å²) < 4.78 is 36.5. The number of fused-ring (bicyclic) bond motifs is 5. The summed E-state index contributed by atoms with van der Waals surface area (Å²) >= 11 is 0. The molecule has 0 aromatic heterocycles. The number of carbonyl (C=O) groups is 3. The zero-order chi connectivity index (χ0) is 65.8. The van der Waals surface area contributed by atoms with Crippen molar-refractivity contribution in [2.45, 2.75) is 55.9 Å². The van der Waals surface area contributed by atoms with E-state index in [1.165, 1.54) is 6.07 Å². The fraction of sp³-hybridized carbons (Fsp3) is 0.141. The Hall–Kier alpha value is -12.8. The molecule has 3 aliphatic heterocycles. The van der Waals surface area contributed by atoms with Gasteiger partial charge >= 0.3 is 17.9 Å². The number of esters is 3. The van der Waals surface area contributed by atoms with Crippen LogP contribution in [0, 0.1) is 0 Å². The maximum atomic E-state index is 15.0. The highest BCUT2D eigenvalue weighted by Gasteiger charge is 2.42. The van der Waals surface area contributed by atoms with Gasteiger partial charge in [-0.05, 0) is 71.4 Å². The molecule has 3 aliphatic rings. The van der Waals surface area contributed by atoms with Crippen molar-refractivity contribution in [2.24, 2.45) is 0 Å². The van der Waals surface area contributed by atoms with Gasteiger partial charge in [0.25, 0.3) is 0 Å². The fourth-order valence-electron chi connectivity index (χ4n) is 11.5. The van der Waals surface area contributed by atoms with Crippen molar-refractivity contribution < 1.29 is 130 Å². The van der Waals surface area contributed by atoms with Gasteiger partial charge in [0, 0.05) is 89.0 Å². The van der Waals surface area contributed by atoms with Gasteiger partial charge in [0.1, 0.15) is 70.1 Å². The van der Waals surface area contributed by atoms with Crippen molar-refractivity contribution in [1.82, 2.24) is 0 Å². The minimum atomic E-state index is -1.91. The van der Waals surface area contributed by atoms with Crippen LogP contribution in [0.3, 0.4) is 0 Å². The van der Waals surface area contributed by atoms with Gasteiger partial charge in [0.05, 0.1) is 27.5 Å². The maximum absolute atomic E-state index is 15.0. The van der Waals surface area contributed by atoms with Crippen molar-refractivity contribution in [2.75, 3.05) is 0 Å². The highest BCUT2D eigenvalue weighted by molar-refractivity contribution is 6.01. The summed E-state index contributed by atoms with van der Waals surface area (Å²) in [5.74, 6) is -19.2. The van der Waals surface area contributed by atoms with E-state index >= 15 is 4.79 Å². The fourth-order valence-corrected chi connectivity index (χ4v) is 11.5. The highest BCUT2D eigenvalue weighted by Crippen LogP contribution is 2.51. The van der Waals surface area contributed by atoms with Crippen LogP contribution in [-0.2, 0) is 33.5 Å². The molecule has 28 heteroatoms. The van der Waals surface area contributed by atoms with E-state index in [0.717, 1.165) is 84.9 Å². The summed E-state index contributed by atoms with van der Waals surface area (Å²) in [5, 5.41) is 181. The van der Waals surface area contributed by atoms with Crippen LogP contribution < -0.4 is 25.1 Å². The molecule has 9 aromatic carbocycles. The normalized spacial score (nSPS) is 18.0. The lowest BCUT2D eigenvalue weighted by Gasteiger charge is -2.34. The van der Waals surface area contributed by atoms with E-state index in [-0.39, 0.29) is 45.9 Å². The molecule has 0 radical (unpaired) electrons. The second-order valence-electron chi connectivity index (χ2n) is 21.7. The summed E-state index contributed by atoms with van der Waals surface area (Å²) in [6, 6.07) is 15.5. The average Bonchev–Trinajstić information content (AvgIpc) is 1.19. The number of carbonyl (C=O) groups excluding carboxylic acids is 3. The first-order valence-corrected chi connectivity index (χ1v) is 27.2. The Kier molecular flexibility index (Phi) is 14.3. The quantitative estimate of drug-likeness (QED) is 0.0421. The molecule has 0 bridgehead atoms. The van der Waals surface area contributed by atoms with E-state index < -0.39 is 225 Å². The predicted octanol–water partition coefficient (Wildman–Crippen LogP) is 6.41. The molecule has 6 atom stereocenters. The number of benzene rings is 7. The Bertz CT molecular complexity index is 4810. The second kappa shape index (κ2) is 22.1. The Morgan fingerprint density at radius 3 is 1.05 bits per heavy atom. The van der Waals surface area contributed by atoms with Gasteiger partial charge in [0.2, 0.25) is 10.9 Å². The van der Waals surface area contributed by atoms with Crippen LogP contribution in [0.5, 0.6) is 115 Å². The van der Waals surface area contributed by atoms with Gasteiger partial charge in [-0.3, -0.25) is 9.59 Å². The van der Waals surface area contributed by atoms with Crippen LogP contribution in [0.25, 0.3) is 21.5 Å². The Morgan fingerprint density at radius 1 is 0.337 bits per heavy atom. The summed E-state index contributed by atoms with van der Waals surface area (Å²) in [6.07, 6.45) is -11.6. The lowest BCUT2D eigenvalue weighted by atomic mass is 9.90. The van der Waals surface area contributed by atoms with E-state index in [0.29, 0.717) is 12.1 Å². The van der Waals surface area contributed by atoms with Crippen LogP contribution in [0.4, 0.5) is 0 Å². The van der Waals surface area contributed by atoms with Crippen molar-refractivity contribution in [3.8, 4) is 115 Å². The monoisotopic (exact) mass is 1260 g/mol. The number of aromatic hydroxyl groups is 17. The molecule has 12 rings (SSSR count). The average molecular weight is 1260 g/mol. The van der Waals surface area contributed by atoms with Crippen LogP contribution >= 0.6 is 0 Å². The number of hydrogen-bond donors (Lipinski definition) is 17. The van der Waals surface area contributed by atoms with Crippen molar-refractivity contribution in [3.63, 3.8) is 0 Å². The molecule has 0 aliphatic carbocycles. The van der Waals surface area contributed by atoms with E-state index in [1.807, 2.05) is 0 Å². The van der Waals surface area contributed by atoms with Gasteiger partial charge in [-0.25, -0.2) is 14.4 Å². The molecular formula is C64H46O28. The number of rotatable bonds is 9. The Labute approximate surface area is 512 Å². The molecule has 3 heterocycles. The number of hydrogen-bond acceptors (Lipinski definition) is 28. The second-order valence-corrected chi connectivity index (χ2v) is 21.7. The van der Waals surface area contributed by atoms with Crippen LogP contribution in [-0.4, -0.2) is 123 Å². The molecule has 9 aromatic rings. The molecule has 0 amide bonds. The molecule has 92 heavy (non-hydrogen) atoms. The summed E-state index contributed by atoms with van der Waals surface area (Å²) in [5.41, 5.74) is -5.88. The van der Waals surface area contributed by atoms with E-state index in [2.05, 4.69) is 0 Å². The SMILES string of the molecule is O=C(OC1Cc2c(O)cc(O)cc2OC1c1ccc(O)c(O)c1)c1cc(O)c(=O)c2c(O)c(O)cc(C3Oc4cc(O)cc(O)c4CC3OC(=O)c3cc(O)c(=O)c4c(O)c(O)cc(C5Oc6cc(O)cc(O)c6CC5OC(=O)c5cc(O)c(O)c(O)c5)c4c3)c2c1. The smallest absolute Gasteiger partial charge is 0.338 e. The predicted molar refractivity (Wildman–Crippen MR) is 310 cm³/mol. The van der Waals surface area contributed by atoms with Gasteiger partial charge < -0.3 is 115 Å². The number of ether oxygens (including phenoxy) is 6. The molecule has 0 saturated carbocycles. The van der Waals surface area contributed by atoms with Crippen molar-refractivity contribution in [3.05, 3.63) is 174 Å². The van der Waals surface area contributed by atoms with Crippen molar-refractivity contribution >= 4 is 39.5 Å². The zero-order valence-corrected chi connectivity index (χ0v) is 46.5. The standard InChI is InChI=1S/C64H46O28/c65-25-10-36(69)32-18-49(59(87-46(32)13-25)21-1-2-35(68)39(72)5-21)90-62(84)22-3-28-30(16-44(77)57(82)52(28)55(80)42(75)6-22)60-50(19-33-37(70)11-26(66)14-47(33)88-60)91-63(85)23-4-29-31(17-45(78)58(83)53(29)56(81)43(76)7-23)61-51(20-34-38(71)12-27(67)15-48(34)89-61)92-64(86)24-8-40(73)54(79)41(74)9-24/h1-17,49-51,59-61,65-74,77-79,82-83H,18-20H2,(H,75,80)(H,76,81). The zero-order valence-electron chi connectivity index (χ0n) is 46.5. The first-order chi connectivity index (χ1) is 43.6. The van der Waals surface area contributed by atoms with Gasteiger partial charge in [-0.2, -0.15) is 0 Å². The van der Waals surface area contributed by atoms with Gasteiger partial charge in [-0.15, -0.1) is 0 Å². The van der Waals surface area contributed by atoms with Crippen molar-refractivity contribution in [1.29, 1.82) is 0 Å². The maximum Gasteiger partial charge on any atom is 0.338 e. The lowest BCUT2D eigenvalue weighted by Crippen LogP contribution is -2.35. The molecule has 28 nitrogen and oxygen atoms in total. The molecule has 0 spiro atoms. The van der Waals surface area contributed by atoms with E-state index in [4.69, 9.17) is 28.4 Å². The Morgan fingerprint density at radius 2 is 0.674 bits per heavy atom. The third-order valence-corrected chi connectivity index (χ3v) is 15.8. The third kappa shape index (κ3) is 10.4. The molecule has 0 fully saturated rings. The molecular weight excluding hydrogens is 1220 g/mol. The largest absolute Gasteiger partial charge is 0.508 e. The topological polar surface area (TPSA) is 485 Å². The summed E-state index contributed by atoms with van der Waals surface area (Å²) in [7, 11) is 0. The molecule has 0 saturated heterocycles.